The van der Waals surface area contributed by atoms with E-state index in [1.165, 1.54) is 0 Å². The van der Waals surface area contributed by atoms with Crippen LogP contribution in [0.4, 0.5) is 5.69 Å². The average molecular weight is 259 g/mol. The van der Waals surface area contributed by atoms with Gasteiger partial charge in [0.2, 0.25) is 0 Å². The van der Waals surface area contributed by atoms with Gasteiger partial charge in [0.25, 0.3) is 0 Å². The van der Waals surface area contributed by atoms with E-state index in [1.807, 2.05) is 49.1 Å². The average Bonchev–Trinajstić information content (AvgIpc) is 2.83. The molecule has 0 aliphatic rings. The molecule has 1 aromatic carbocycles. The Hall–Kier alpha value is -2.50. The lowest BCUT2D eigenvalue weighted by molar-refractivity contribution is 0.318. The summed E-state index contributed by atoms with van der Waals surface area (Å²) in [5.41, 5.74) is 7.25. The fraction of sp³-hybridized carbons (Fsp3) is 0.231. The van der Waals surface area contributed by atoms with E-state index in [4.69, 9.17) is 10.9 Å². The third-order valence-corrected chi connectivity index (χ3v) is 3.01. The molecule has 0 aliphatic carbocycles. The van der Waals surface area contributed by atoms with Crippen LogP contribution < -0.4 is 10.6 Å². The van der Waals surface area contributed by atoms with E-state index in [0.29, 0.717) is 12.1 Å². The number of aryl methyl sites for hydroxylation is 1. The topological polar surface area (TPSA) is 79.7 Å². The number of amidine groups is 1. The van der Waals surface area contributed by atoms with E-state index in [0.717, 1.165) is 11.5 Å². The Kier molecular flexibility index (Phi) is 3.70. The molecule has 0 spiro atoms. The number of imidazole rings is 1. The van der Waals surface area contributed by atoms with Gasteiger partial charge in [-0.1, -0.05) is 5.16 Å². The van der Waals surface area contributed by atoms with Gasteiger partial charge in [-0.15, -0.1) is 0 Å². The first-order chi connectivity index (χ1) is 9.11. The summed E-state index contributed by atoms with van der Waals surface area (Å²) in [6.45, 7) is 0.715. The number of rotatable bonds is 4. The summed E-state index contributed by atoms with van der Waals surface area (Å²) < 4.78 is 1.99. The van der Waals surface area contributed by atoms with Crippen molar-refractivity contribution < 1.29 is 5.21 Å². The lowest BCUT2D eigenvalue weighted by atomic mass is 10.2. The van der Waals surface area contributed by atoms with Gasteiger partial charge in [0, 0.05) is 37.7 Å². The predicted octanol–water partition coefficient (Wildman–Crippen LogP) is 1.15. The number of benzene rings is 1. The number of hydrogen-bond acceptors (Lipinski definition) is 4. The lowest BCUT2D eigenvalue weighted by Crippen LogP contribution is -2.19. The van der Waals surface area contributed by atoms with Crippen molar-refractivity contribution in [3.8, 4) is 0 Å². The first kappa shape index (κ1) is 12.9. The molecule has 6 nitrogen and oxygen atoms in total. The highest BCUT2D eigenvalue weighted by molar-refractivity contribution is 5.97. The van der Waals surface area contributed by atoms with Gasteiger partial charge in [0.1, 0.15) is 5.82 Å². The van der Waals surface area contributed by atoms with Gasteiger partial charge >= 0.3 is 0 Å². The molecule has 19 heavy (non-hydrogen) atoms. The highest BCUT2D eigenvalue weighted by atomic mass is 16.4. The summed E-state index contributed by atoms with van der Waals surface area (Å²) >= 11 is 0. The molecule has 1 heterocycles. The van der Waals surface area contributed by atoms with Crippen molar-refractivity contribution in [3.63, 3.8) is 0 Å². The van der Waals surface area contributed by atoms with Gasteiger partial charge in [0.15, 0.2) is 5.84 Å². The molecule has 0 aliphatic heterocycles. The molecule has 1 aromatic heterocycles. The van der Waals surface area contributed by atoms with Crippen molar-refractivity contribution in [2.45, 2.75) is 6.54 Å². The number of nitrogens with zero attached hydrogens (tertiary/aromatic N) is 4. The summed E-state index contributed by atoms with van der Waals surface area (Å²) in [7, 11) is 3.96. The van der Waals surface area contributed by atoms with Crippen LogP contribution in [0, 0.1) is 0 Å². The molecular formula is C13H17N5O. The second-order valence-corrected chi connectivity index (χ2v) is 4.34. The largest absolute Gasteiger partial charge is 0.409 e. The van der Waals surface area contributed by atoms with Gasteiger partial charge < -0.3 is 20.4 Å². The predicted molar refractivity (Wildman–Crippen MR) is 74.3 cm³/mol. The van der Waals surface area contributed by atoms with E-state index >= 15 is 0 Å². The lowest BCUT2D eigenvalue weighted by Gasteiger charge is -2.19. The maximum atomic E-state index is 8.61. The van der Waals surface area contributed by atoms with Crippen LogP contribution in [0.15, 0.2) is 41.8 Å². The van der Waals surface area contributed by atoms with Gasteiger partial charge in [-0.3, -0.25) is 0 Å². The van der Waals surface area contributed by atoms with E-state index in [2.05, 4.69) is 15.0 Å². The quantitative estimate of drug-likeness (QED) is 0.373. The number of aromatic nitrogens is 2. The number of anilines is 1. The first-order valence-electron chi connectivity index (χ1n) is 5.87. The van der Waals surface area contributed by atoms with Crippen molar-refractivity contribution in [3.05, 3.63) is 48.0 Å². The van der Waals surface area contributed by atoms with Crippen LogP contribution in [-0.4, -0.2) is 27.6 Å². The highest BCUT2D eigenvalue weighted by Crippen LogP contribution is 2.15. The molecule has 2 rings (SSSR count). The van der Waals surface area contributed by atoms with E-state index in [1.54, 1.807) is 6.20 Å². The molecule has 0 atom stereocenters. The third kappa shape index (κ3) is 2.85. The normalized spacial score (nSPS) is 11.6. The third-order valence-electron chi connectivity index (χ3n) is 3.01. The molecule has 0 amide bonds. The first-order valence-corrected chi connectivity index (χ1v) is 5.87. The molecule has 0 radical (unpaired) electrons. The number of oxime groups is 1. The van der Waals surface area contributed by atoms with Crippen LogP contribution in [-0.2, 0) is 13.6 Å². The fourth-order valence-electron chi connectivity index (χ4n) is 1.80. The summed E-state index contributed by atoms with van der Waals surface area (Å²) in [6, 6.07) is 7.49. The Morgan fingerprint density at radius 1 is 1.42 bits per heavy atom. The van der Waals surface area contributed by atoms with E-state index < -0.39 is 0 Å². The molecule has 0 unspecified atom stereocenters. The molecule has 0 saturated carbocycles. The summed E-state index contributed by atoms with van der Waals surface area (Å²) in [6.07, 6.45) is 3.70. The molecule has 0 fully saturated rings. The molecule has 0 saturated heterocycles. The van der Waals surface area contributed by atoms with Gasteiger partial charge in [-0.25, -0.2) is 4.98 Å². The zero-order valence-corrected chi connectivity index (χ0v) is 11.0. The van der Waals surface area contributed by atoms with Gasteiger partial charge in [-0.05, 0) is 24.3 Å². The Morgan fingerprint density at radius 2 is 2.11 bits per heavy atom. The van der Waals surface area contributed by atoms with Crippen molar-refractivity contribution in [2.24, 2.45) is 17.9 Å². The summed E-state index contributed by atoms with van der Waals surface area (Å²) in [4.78, 5) is 6.37. The van der Waals surface area contributed by atoms with Crippen molar-refractivity contribution in [1.82, 2.24) is 9.55 Å². The Morgan fingerprint density at radius 3 is 2.63 bits per heavy atom. The van der Waals surface area contributed by atoms with Crippen LogP contribution in [0.2, 0.25) is 0 Å². The molecule has 6 heteroatoms. The van der Waals surface area contributed by atoms with Crippen molar-refractivity contribution in [2.75, 3.05) is 11.9 Å². The molecule has 0 bridgehead atoms. The van der Waals surface area contributed by atoms with Crippen molar-refractivity contribution >= 4 is 11.5 Å². The standard InChI is InChI=1S/C13H17N5O/c1-17-8-7-15-12(17)9-18(2)11-5-3-10(4-6-11)13(14)16-19/h3-8,19H,9H2,1-2H3,(H2,14,16). The Labute approximate surface area is 111 Å². The van der Waals surface area contributed by atoms with Gasteiger partial charge in [-0.2, -0.15) is 0 Å². The minimum Gasteiger partial charge on any atom is -0.409 e. The van der Waals surface area contributed by atoms with Crippen molar-refractivity contribution in [1.29, 1.82) is 0 Å². The smallest absolute Gasteiger partial charge is 0.170 e. The van der Waals surface area contributed by atoms with Crippen LogP contribution in [0.1, 0.15) is 11.4 Å². The van der Waals surface area contributed by atoms with Gasteiger partial charge in [0.05, 0.1) is 6.54 Å². The molecule has 2 aromatic rings. The summed E-state index contributed by atoms with van der Waals surface area (Å²) in [5.74, 6) is 1.10. The number of hydrogen-bond donors (Lipinski definition) is 2. The van der Waals surface area contributed by atoms with E-state index in [9.17, 15) is 0 Å². The van der Waals surface area contributed by atoms with Crippen LogP contribution >= 0.6 is 0 Å². The Balaban J connectivity index is 2.12. The monoisotopic (exact) mass is 259 g/mol. The van der Waals surface area contributed by atoms with E-state index in [-0.39, 0.29) is 5.84 Å². The minimum atomic E-state index is 0.110. The zero-order valence-electron chi connectivity index (χ0n) is 11.0. The molecule has 3 N–H and O–H groups in total. The molecular weight excluding hydrogens is 242 g/mol. The van der Waals surface area contributed by atoms with Crippen LogP contribution in [0.25, 0.3) is 0 Å². The second-order valence-electron chi connectivity index (χ2n) is 4.34. The zero-order chi connectivity index (χ0) is 13.8. The highest BCUT2D eigenvalue weighted by Gasteiger charge is 2.06. The molecule has 100 valence electrons. The maximum absolute atomic E-state index is 8.61. The number of nitrogens with two attached hydrogens (primary N) is 1. The maximum Gasteiger partial charge on any atom is 0.170 e. The summed E-state index contributed by atoms with van der Waals surface area (Å²) in [5, 5.41) is 11.6. The SMILES string of the molecule is CN(Cc1nccn1C)c1ccc(C(N)=NO)cc1. The second kappa shape index (κ2) is 5.43. The fourth-order valence-corrected chi connectivity index (χ4v) is 1.80. The van der Waals surface area contributed by atoms with Crippen LogP contribution in [0.5, 0.6) is 0 Å². The van der Waals surface area contributed by atoms with Crippen LogP contribution in [0.3, 0.4) is 0 Å². The Bertz CT molecular complexity index is 573. The minimum absolute atomic E-state index is 0.110.